The summed E-state index contributed by atoms with van der Waals surface area (Å²) >= 11 is 5.98. The summed E-state index contributed by atoms with van der Waals surface area (Å²) in [5.41, 5.74) is 5.65. The second kappa shape index (κ2) is 5.83. The Morgan fingerprint density at radius 1 is 1.50 bits per heavy atom. The molecule has 1 aromatic carbocycles. The molecule has 0 aliphatic carbocycles. The minimum Gasteiger partial charge on any atom is -0.336 e. The molecule has 0 aromatic heterocycles. The Bertz CT molecular complexity index is 701. The first kappa shape index (κ1) is 17.2. The molecule has 22 heavy (non-hydrogen) atoms. The fraction of sp³-hybridized carbons (Fsp3) is 0.533. The van der Waals surface area contributed by atoms with E-state index in [1.165, 1.54) is 11.0 Å². The quantitative estimate of drug-likeness (QED) is 0.907. The molecule has 1 aliphatic heterocycles. The number of nitrogens with zero attached hydrogens (tertiary/aromatic N) is 1. The minimum absolute atomic E-state index is 0.132. The highest BCUT2D eigenvalue weighted by Crippen LogP contribution is 2.38. The Morgan fingerprint density at radius 3 is 2.73 bits per heavy atom. The third-order valence-corrected chi connectivity index (χ3v) is 6.12. The van der Waals surface area contributed by atoms with Crippen LogP contribution in [-0.2, 0) is 14.6 Å². The number of amides is 1. The molecule has 1 aromatic rings. The topological polar surface area (TPSA) is 80.5 Å². The molecule has 2 atom stereocenters. The number of sulfone groups is 1. The molecule has 2 unspecified atom stereocenters. The highest BCUT2D eigenvalue weighted by Gasteiger charge is 2.41. The maximum Gasteiger partial charge on any atom is 0.242 e. The first-order chi connectivity index (χ1) is 10.1. The molecule has 122 valence electrons. The third kappa shape index (κ3) is 3.00. The van der Waals surface area contributed by atoms with Crippen molar-refractivity contribution in [2.75, 3.05) is 12.8 Å². The molecule has 0 saturated carbocycles. The molecular formula is C15H21ClN2O3S. The molecule has 7 heteroatoms. The van der Waals surface area contributed by atoms with Gasteiger partial charge in [0.2, 0.25) is 5.91 Å². The summed E-state index contributed by atoms with van der Waals surface area (Å²) in [5, 5.41) is 0.450. The van der Waals surface area contributed by atoms with Crippen LogP contribution in [-0.4, -0.2) is 37.6 Å². The predicted molar refractivity (Wildman–Crippen MR) is 86.5 cm³/mol. The van der Waals surface area contributed by atoms with Crippen LogP contribution in [0.25, 0.3) is 0 Å². The predicted octanol–water partition coefficient (Wildman–Crippen LogP) is 2.14. The number of halogens is 1. The first-order valence-corrected chi connectivity index (χ1v) is 9.21. The molecule has 5 nitrogen and oxygen atoms in total. The monoisotopic (exact) mass is 344 g/mol. The lowest BCUT2D eigenvalue weighted by Gasteiger charge is -2.32. The van der Waals surface area contributed by atoms with Crippen LogP contribution in [0.4, 0.5) is 0 Å². The van der Waals surface area contributed by atoms with E-state index in [4.69, 9.17) is 17.3 Å². The SMILES string of the molecule is CCCC(C)(N)C(=O)N(C)C1CS(=O)(=O)c2ccc(Cl)cc21. The van der Waals surface area contributed by atoms with E-state index in [0.29, 0.717) is 17.0 Å². The van der Waals surface area contributed by atoms with Crippen LogP contribution in [0.2, 0.25) is 5.02 Å². The zero-order valence-electron chi connectivity index (χ0n) is 13.0. The molecular weight excluding hydrogens is 324 g/mol. The van der Waals surface area contributed by atoms with Crippen LogP contribution in [0, 0.1) is 0 Å². The molecule has 0 spiro atoms. The number of benzene rings is 1. The van der Waals surface area contributed by atoms with Crippen molar-refractivity contribution in [2.45, 2.75) is 43.2 Å². The van der Waals surface area contributed by atoms with Crippen molar-refractivity contribution in [2.24, 2.45) is 5.73 Å². The molecule has 2 N–H and O–H groups in total. The van der Waals surface area contributed by atoms with E-state index in [2.05, 4.69) is 0 Å². The summed E-state index contributed by atoms with van der Waals surface area (Å²) < 4.78 is 24.5. The summed E-state index contributed by atoms with van der Waals surface area (Å²) in [7, 11) is -1.80. The first-order valence-electron chi connectivity index (χ1n) is 7.18. The van der Waals surface area contributed by atoms with Crippen molar-refractivity contribution in [3.05, 3.63) is 28.8 Å². The third-order valence-electron chi connectivity index (χ3n) is 4.09. The van der Waals surface area contributed by atoms with Crippen LogP contribution >= 0.6 is 11.6 Å². The van der Waals surface area contributed by atoms with E-state index in [1.54, 1.807) is 26.1 Å². The lowest BCUT2D eigenvalue weighted by Crippen LogP contribution is -2.53. The van der Waals surface area contributed by atoms with Crippen molar-refractivity contribution >= 4 is 27.3 Å². The number of carbonyl (C=O) groups excluding carboxylic acids is 1. The van der Waals surface area contributed by atoms with Gasteiger partial charge in [0.1, 0.15) is 0 Å². The molecule has 2 rings (SSSR count). The van der Waals surface area contributed by atoms with Gasteiger partial charge in [-0.25, -0.2) is 8.42 Å². The Morgan fingerprint density at radius 2 is 2.14 bits per heavy atom. The second-order valence-corrected chi connectivity index (χ2v) is 8.50. The van der Waals surface area contributed by atoms with Gasteiger partial charge in [-0.1, -0.05) is 24.9 Å². The number of hydrogen-bond donors (Lipinski definition) is 1. The van der Waals surface area contributed by atoms with Crippen LogP contribution in [0.1, 0.15) is 38.3 Å². The maximum atomic E-state index is 12.6. The van der Waals surface area contributed by atoms with Gasteiger partial charge < -0.3 is 10.6 Å². The minimum atomic E-state index is -3.40. The van der Waals surface area contributed by atoms with E-state index >= 15 is 0 Å². The number of fused-ring (bicyclic) bond motifs is 1. The lowest BCUT2D eigenvalue weighted by molar-refractivity contribution is -0.137. The standard InChI is InChI=1S/C15H21ClN2O3S/c1-4-7-15(2,17)14(19)18(3)12-9-22(20,21)13-6-5-10(16)8-11(12)13/h5-6,8,12H,4,7,9,17H2,1-3H3. The van der Waals surface area contributed by atoms with Crippen molar-refractivity contribution in [1.29, 1.82) is 0 Å². The number of nitrogens with two attached hydrogens (primary N) is 1. The number of hydrogen-bond acceptors (Lipinski definition) is 4. The van der Waals surface area contributed by atoms with Crippen molar-refractivity contribution < 1.29 is 13.2 Å². The maximum absolute atomic E-state index is 12.6. The van der Waals surface area contributed by atoms with Crippen LogP contribution in [0.3, 0.4) is 0 Å². The van der Waals surface area contributed by atoms with Gasteiger partial charge in [-0.05, 0) is 37.1 Å². The van der Waals surface area contributed by atoms with Crippen LogP contribution in [0.15, 0.2) is 23.1 Å². The molecule has 0 fully saturated rings. The second-order valence-electron chi connectivity index (χ2n) is 6.06. The van der Waals surface area contributed by atoms with Crippen LogP contribution in [0.5, 0.6) is 0 Å². The van der Waals surface area contributed by atoms with Crippen molar-refractivity contribution in [1.82, 2.24) is 4.90 Å². The summed E-state index contributed by atoms with van der Waals surface area (Å²) in [6, 6.07) is 4.11. The van der Waals surface area contributed by atoms with Gasteiger partial charge in [0.05, 0.1) is 22.2 Å². The Labute approximate surface area is 136 Å². The van der Waals surface area contributed by atoms with Crippen molar-refractivity contribution in [3.8, 4) is 0 Å². The Balaban J connectivity index is 2.39. The zero-order valence-corrected chi connectivity index (χ0v) is 14.5. The van der Waals surface area contributed by atoms with Gasteiger partial charge >= 0.3 is 0 Å². The zero-order chi connectivity index (χ0) is 16.7. The summed E-state index contributed by atoms with van der Waals surface area (Å²) in [4.78, 5) is 14.3. The largest absolute Gasteiger partial charge is 0.336 e. The van der Waals surface area contributed by atoms with E-state index in [9.17, 15) is 13.2 Å². The molecule has 0 radical (unpaired) electrons. The van der Waals surface area contributed by atoms with Gasteiger partial charge in [-0.15, -0.1) is 0 Å². The van der Waals surface area contributed by atoms with Gasteiger partial charge in [-0.3, -0.25) is 4.79 Å². The highest BCUT2D eigenvalue weighted by molar-refractivity contribution is 7.91. The molecule has 1 aliphatic rings. The number of likely N-dealkylation sites (N-methyl/N-ethyl adjacent to an activating group) is 1. The van der Waals surface area contributed by atoms with Gasteiger partial charge in [0, 0.05) is 12.1 Å². The highest BCUT2D eigenvalue weighted by atomic mass is 35.5. The average Bonchev–Trinajstić information content (AvgIpc) is 2.68. The number of carbonyl (C=O) groups is 1. The average molecular weight is 345 g/mol. The Kier molecular flexibility index (Phi) is 4.57. The fourth-order valence-electron chi connectivity index (χ4n) is 2.94. The van der Waals surface area contributed by atoms with E-state index in [1.807, 2.05) is 6.92 Å². The van der Waals surface area contributed by atoms with Gasteiger partial charge in [-0.2, -0.15) is 0 Å². The van der Waals surface area contributed by atoms with Gasteiger partial charge in [0.25, 0.3) is 0 Å². The van der Waals surface area contributed by atoms with Gasteiger partial charge in [0.15, 0.2) is 9.84 Å². The lowest BCUT2D eigenvalue weighted by atomic mass is 9.94. The molecule has 0 saturated heterocycles. The summed E-state index contributed by atoms with van der Waals surface area (Å²) in [6.45, 7) is 3.63. The molecule has 0 bridgehead atoms. The summed E-state index contributed by atoms with van der Waals surface area (Å²) in [5.74, 6) is -0.394. The van der Waals surface area contributed by atoms with Crippen LogP contribution < -0.4 is 5.73 Å². The van der Waals surface area contributed by atoms with E-state index in [-0.39, 0.29) is 16.6 Å². The Hall–Kier alpha value is -1.11. The molecule has 1 heterocycles. The van der Waals surface area contributed by atoms with E-state index < -0.39 is 21.4 Å². The number of rotatable bonds is 4. The van der Waals surface area contributed by atoms with E-state index in [0.717, 1.165) is 6.42 Å². The fourth-order valence-corrected chi connectivity index (χ4v) is 4.95. The normalized spacial score (nSPS) is 22.0. The smallest absolute Gasteiger partial charge is 0.242 e. The molecule has 1 amide bonds. The summed E-state index contributed by atoms with van der Waals surface area (Å²) in [6.07, 6.45) is 1.32. The van der Waals surface area contributed by atoms with Crippen molar-refractivity contribution in [3.63, 3.8) is 0 Å².